The Hall–Kier alpha value is -3.34. The minimum absolute atomic E-state index is 0.0418. The number of benzene rings is 1. The van der Waals surface area contributed by atoms with E-state index in [0.29, 0.717) is 24.9 Å². The number of carbonyl (C=O) groups excluding carboxylic acids is 2. The summed E-state index contributed by atoms with van der Waals surface area (Å²) in [6.45, 7) is 4.01. The molecule has 0 aliphatic heterocycles. The van der Waals surface area contributed by atoms with E-state index >= 15 is 0 Å². The van der Waals surface area contributed by atoms with Crippen molar-refractivity contribution in [3.8, 4) is 5.75 Å². The largest absolute Gasteiger partial charge is 0.508 e. The highest BCUT2D eigenvalue weighted by Gasteiger charge is 2.28. The Kier molecular flexibility index (Phi) is 11.0. The predicted molar refractivity (Wildman–Crippen MR) is 121 cm³/mol. The molecule has 1 aromatic carbocycles. The lowest BCUT2D eigenvalue weighted by atomic mass is 10.0. The summed E-state index contributed by atoms with van der Waals surface area (Å²) < 4.78 is 0. The number of hydrogen-bond donors (Lipinski definition) is 7. The summed E-state index contributed by atoms with van der Waals surface area (Å²) in [6, 6.07) is 3.10. The molecule has 11 nitrogen and oxygen atoms in total. The summed E-state index contributed by atoms with van der Waals surface area (Å²) in [4.78, 5) is 40.8. The van der Waals surface area contributed by atoms with Crippen LogP contribution in [0.5, 0.6) is 5.75 Å². The van der Waals surface area contributed by atoms with E-state index in [1.165, 1.54) is 12.1 Å². The van der Waals surface area contributed by atoms with Crippen LogP contribution in [0.25, 0.3) is 0 Å². The number of hydrogen-bond acceptors (Lipinski definition) is 6. The molecule has 1 rings (SSSR count). The average molecular weight is 451 g/mol. The molecule has 0 spiro atoms. The third kappa shape index (κ3) is 10.1. The topological polar surface area (TPSA) is 206 Å². The number of nitrogens with two attached hydrogens (primary N) is 3. The number of rotatable bonds is 13. The van der Waals surface area contributed by atoms with Gasteiger partial charge in [0.25, 0.3) is 0 Å². The number of amides is 2. The van der Waals surface area contributed by atoms with Gasteiger partial charge in [-0.1, -0.05) is 26.0 Å². The summed E-state index contributed by atoms with van der Waals surface area (Å²) >= 11 is 0. The number of nitrogens with zero attached hydrogens (tertiary/aromatic N) is 1. The first kappa shape index (κ1) is 26.7. The van der Waals surface area contributed by atoms with Crippen LogP contribution in [0.2, 0.25) is 0 Å². The molecule has 32 heavy (non-hydrogen) atoms. The first-order chi connectivity index (χ1) is 15.0. The Morgan fingerprint density at radius 1 is 1.03 bits per heavy atom. The quantitative estimate of drug-likeness (QED) is 0.117. The number of nitrogens with one attached hydrogen (secondary N) is 2. The van der Waals surface area contributed by atoms with E-state index in [1.54, 1.807) is 12.1 Å². The Morgan fingerprint density at radius 3 is 2.16 bits per heavy atom. The number of carboxylic acid groups (broad SMARTS) is 1. The number of aromatic hydroxyl groups is 1. The molecule has 10 N–H and O–H groups in total. The van der Waals surface area contributed by atoms with Crippen molar-refractivity contribution in [2.75, 3.05) is 6.54 Å². The lowest BCUT2D eigenvalue weighted by Crippen LogP contribution is -2.55. The molecule has 0 heterocycles. The highest BCUT2D eigenvalue weighted by Crippen LogP contribution is 2.12. The Morgan fingerprint density at radius 2 is 1.62 bits per heavy atom. The number of guanidine groups is 1. The van der Waals surface area contributed by atoms with Gasteiger partial charge < -0.3 is 38.0 Å². The molecular formula is C21H34N6O5. The minimum Gasteiger partial charge on any atom is -0.508 e. The fourth-order valence-electron chi connectivity index (χ4n) is 2.97. The standard InChI is InChI=1S/C21H34N6O5/c1-12(2)10-17(20(31)32)27-19(30)16(11-13-5-7-14(28)8-6-13)26-18(29)15(22)4-3-9-25-21(23)24/h5-8,12,15-17,28H,3-4,9-11,22H2,1-2H3,(H,26,29)(H,27,30)(H,31,32)(H4,23,24,25). The van der Waals surface area contributed by atoms with Gasteiger partial charge in [-0.3, -0.25) is 14.6 Å². The SMILES string of the molecule is CC(C)CC(NC(=O)C(Cc1ccc(O)cc1)NC(=O)C(N)CCCN=C(N)N)C(=O)O. The van der Waals surface area contributed by atoms with Crippen molar-refractivity contribution < 1.29 is 24.6 Å². The number of aliphatic imine (C=N–C) groups is 1. The molecule has 0 radical (unpaired) electrons. The van der Waals surface area contributed by atoms with Gasteiger partial charge in [0.05, 0.1) is 6.04 Å². The van der Waals surface area contributed by atoms with Crippen LogP contribution in [0.15, 0.2) is 29.3 Å². The third-order valence-corrected chi connectivity index (χ3v) is 4.64. The molecule has 178 valence electrons. The predicted octanol–water partition coefficient (Wildman–Crippen LogP) is -0.584. The molecule has 0 saturated carbocycles. The van der Waals surface area contributed by atoms with Gasteiger partial charge in [0.15, 0.2) is 5.96 Å². The second-order valence-electron chi connectivity index (χ2n) is 8.02. The van der Waals surface area contributed by atoms with Crippen molar-refractivity contribution in [3.05, 3.63) is 29.8 Å². The van der Waals surface area contributed by atoms with Gasteiger partial charge in [0.2, 0.25) is 11.8 Å². The van der Waals surface area contributed by atoms with Crippen LogP contribution in [0.1, 0.15) is 38.7 Å². The van der Waals surface area contributed by atoms with Crippen molar-refractivity contribution in [1.29, 1.82) is 0 Å². The Labute approximate surface area is 187 Å². The van der Waals surface area contributed by atoms with Gasteiger partial charge in [-0.05, 0) is 42.9 Å². The first-order valence-corrected chi connectivity index (χ1v) is 10.4. The summed E-state index contributed by atoms with van der Waals surface area (Å²) in [5.41, 5.74) is 17.1. The van der Waals surface area contributed by atoms with Crippen LogP contribution in [-0.2, 0) is 20.8 Å². The maximum Gasteiger partial charge on any atom is 0.326 e. The van der Waals surface area contributed by atoms with Gasteiger partial charge in [-0.25, -0.2) is 4.79 Å². The molecule has 0 aliphatic carbocycles. The summed E-state index contributed by atoms with van der Waals surface area (Å²) in [7, 11) is 0. The average Bonchev–Trinajstić information content (AvgIpc) is 2.70. The van der Waals surface area contributed by atoms with E-state index in [1.807, 2.05) is 13.8 Å². The molecule has 0 fully saturated rings. The minimum atomic E-state index is -1.15. The van der Waals surface area contributed by atoms with Crippen LogP contribution in [-0.4, -0.2) is 58.6 Å². The van der Waals surface area contributed by atoms with Crippen molar-refractivity contribution >= 4 is 23.7 Å². The Balaban J connectivity index is 2.90. The normalized spacial score (nSPS) is 13.6. The molecule has 0 aromatic heterocycles. The second-order valence-corrected chi connectivity index (χ2v) is 8.02. The van der Waals surface area contributed by atoms with Gasteiger partial charge in [-0.15, -0.1) is 0 Å². The van der Waals surface area contributed by atoms with E-state index in [-0.39, 0.29) is 30.5 Å². The van der Waals surface area contributed by atoms with Gasteiger partial charge in [0, 0.05) is 13.0 Å². The van der Waals surface area contributed by atoms with E-state index in [2.05, 4.69) is 15.6 Å². The second kappa shape index (κ2) is 13.2. The number of aliphatic carboxylic acids is 1. The zero-order valence-corrected chi connectivity index (χ0v) is 18.5. The molecule has 3 atom stereocenters. The lowest BCUT2D eigenvalue weighted by Gasteiger charge is -2.23. The smallest absolute Gasteiger partial charge is 0.326 e. The molecule has 0 bridgehead atoms. The fraction of sp³-hybridized carbons (Fsp3) is 0.524. The van der Waals surface area contributed by atoms with Crippen molar-refractivity contribution in [1.82, 2.24) is 10.6 Å². The summed E-state index contributed by atoms with van der Waals surface area (Å²) in [6.07, 6.45) is 1.09. The fourth-order valence-corrected chi connectivity index (χ4v) is 2.97. The van der Waals surface area contributed by atoms with Crippen LogP contribution in [0, 0.1) is 5.92 Å². The zero-order chi connectivity index (χ0) is 24.3. The van der Waals surface area contributed by atoms with Crippen molar-refractivity contribution in [3.63, 3.8) is 0 Å². The molecule has 0 aliphatic rings. The van der Waals surface area contributed by atoms with Gasteiger partial charge in [0.1, 0.15) is 17.8 Å². The van der Waals surface area contributed by atoms with Gasteiger partial charge >= 0.3 is 5.97 Å². The van der Waals surface area contributed by atoms with Crippen molar-refractivity contribution in [2.24, 2.45) is 28.1 Å². The highest BCUT2D eigenvalue weighted by atomic mass is 16.4. The van der Waals surface area contributed by atoms with Gasteiger partial charge in [-0.2, -0.15) is 0 Å². The number of carbonyl (C=O) groups is 3. The zero-order valence-electron chi connectivity index (χ0n) is 18.5. The number of carboxylic acids is 1. The van der Waals surface area contributed by atoms with Crippen LogP contribution < -0.4 is 27.8 Å². The summed E-state index contributed by atoms with van der Waals surface area (Å²) in [5, 5.41) is 24.0. The third-order valence-electron chi connectivity index (χ3n) is 4.64. The van der Waals surface area contributed by atoms with E-state index in [9.17, 15) is 24.6 Å². The van der Waals surface area contributed by atoms with Crippen LogP contribution in [0.4, 0.5) is 0 Å². The molecule has 3 unspecified atom stereocenters. The first-order valence-electron chi connectivity index (χ1n) is 10.4. The maximum atomic E-state index is 12.9. The number of phenolic OH excluding ortho intramolecular Hbond substituents is 1. The highest BCUT2D eigenvalue weighted by molar-refractivity contribution is 5.92. The Bertz CT molecular complexity index is 792. The molecular weight excluding hydrogens is 416 g/mol. The molecule has 11 heteroatoms. The maximum absolute atomic E-state index is 12.9. The van der Waals surface area contributed by atoms with Crippen LogP contribution >= 0.6 is 0 Å². The summed E-state index contributed by atoms with van der Waals surface area (Å²) in [5.74, 6) is -2.29. The van der Waals surface area contributed by atoms with Crippen molar-refractivity contribution in [2.45, 2.75) is 57.7 Å². The lowest BCUT2D eigenvalue weighted by molar-refractivity contribution is -0.142. The van der Waals surface area contributed by atoms with E-state index < -0.39 is 35.9 Å². The van der Waals surface area contributed by atoms with E-state index in [4.69, 9.17) is 17.2 Å². The molecule has 2 amide bonds. The van der Waals surface area contributed by atoms with Crippen LogP contribution in [0.3, 0.4) is 0 Å². The number of phenols is 1. The molecule has 0 saturated heterocycles. The van der Waals surface area contributed by atoms with E-state index in [0.717, 1.165) is 0 Å². The molecule has 1 aromatic rings. The monoisotopic (exact) mass is 450 g/mol.